The van der Waals surface area contributed by atoms with E-state index in [0.29, 0.717) is 6.54 Å². The van der Waals surface area contributed by atoms with Crippen LogP contribution in [0.3, 0.4) is 0 Å². The fraction of sp³-hybridized carbons (Fsp3) is 0.750. The summed E-state index contributed by atoms with van der Waals surface area (Å²) in [5.74, 6) is 0.191. The first kappa shape index (κ1) is 12.1. The van der Waals surface area contributed by atoms with Gasteiger partial charge in [-0.1, -0.05) is 5.21 Å². The minimum Gasteiger partial charge on any atom is -0.316 e. The van der Waals surface area contributed by atoms with Crippen molar-refractivity contribution in [2.24, 2.45) is 0 Å². The Morgan fingerprint density at radius 2 is 2.20 bits per heavy atom. The van der Waals surface area contributed by atoms with Crippen LogP contribution in [0.1, 0.15) is 6.42 Å². The van der Waals surface area contributed by atoms with Gasteiger partial charge in [0.05, 0.1) is 11.9 Å². The van der Waals surface area contributed by atoms with Crippen molar-refractivity contribution in [3.8, 4) is 0 Å². The highest BCUT2D eigenvalue weighted by atomic mass is 32.2. The molecular weight excluding hydrogens is 216 g/mol. The zero-order chi connectivity index (χ0) is 11.1. The van der Waals surface area contributed by atoms with Crippen LogP contribution in [0.15, 0.2) is 12.4 Å². The molecule has 86 valence electrons. The maximum Gasteiger partial charge on any atom is 0.148 e. The molecule has 1 rings (SSSR count). The van der Waals surface area contributed by atoms with Crippen LogP contribution >= 0.6 is 0 Å². The monoisotopic (exact) mass is 232 g/mol. The molecule has 6 nitrogen and oxygen atoms in total. The Kier molecular flexibility index (Phi) is 4.70. The minimum atomic E-state index is -2.84. The molecule has 15 heavy (non-hydrogen) atoms. The van der Waals surface area contributed by atoms with E-state index in [4.69, 9.17) is 0 Å². The molecule has 0 aliphatic rings. The zero-order valence-corrected chi connectivity index (χ0v) is 9.57. The lowest BCUT2D eigenvalue weighted by molar-refractivity contribution is 0.534. The van der Waals surface area contributed by atoms with Crippen LogP contribution in [0.5, 0.6) is 0 Å². The number of sulfone groups is 1. The summed E-state index contributed by atoms with van der Waals surface area (Å²) in [5, 5.41) is 10.6. The first-order chi connectivity index (χ1) is 7.08. The molecule has 0 aliphatic heterocycles. The number of hydrogen-bond acceptors (Lipinski definition) is 5. The van der Waals surface area contributed by atoms with Gasteiger partial charge in [0.25, 0.3) is 0 Å². The molecule has 1 aromatic rings. The third-order valence-electron chi connectivity index (χ3n) is 1.86. The molecule has 0 aliphatic carbocycles. The van der Waals surface area contributed by atoms with E-state index in [0.717, 1.165) is 19.5 Å². The number of aryl methyl sites for hydroxylation is 1. The number of hydrogen-bond donors (Lipinski definition) is 1. The lowest BCUT2D eigenvalue weighted by Crippen LogP contribution is -2.24. The molecule has 0 bridgehead atoms. The van der Waals surface area contributed by atoms with E-state index in [2.05, 4.69) is 15.6 Å². The average Bonchev–Trinajstić information content (AvgIpc) is 2.61. The molecule has 0 atom stereocenters. The van der Waals surface area contributed by atoms with Crippen molar-refractivity contribution in [3.05, 3.63) is 12.4 Å². The molecule has 0 fully saturated rings. The van der Waals surface area contributed by atoms with Gasteiger partial charge in [-0.05, 0) is 13.0 Å². The van der Waals surface area contributed by atoms with E-state index < -0.39 is 9.84 Å². The summed E-state index contributed by atoms with van der Waals surface area (Å²) < 4.78 is 23.3. The summed E-state index contributed by atoms with van der Waals surface area (Å²) in [6.45, 7) is 2.09. The van der Waals surface area contributed by atoms with Crippen LogP contribution in [0.4, 0.5) is 0 Å². The highest BCUT2D eigenvalue weighted by Crippen LogP contribution is 1.86. The summed E-state index contributed by atoms with van der Waals surface area (Å²) in [4.78, 5) is 0. The summed E-state index contributed by atoms with van der Waals surface area (Å²) in [6, 6.07) is 0. The molecular formula is C8H16N4O2S. The van der Waals surface area contributed by atoms with Gasteiger partial charge < -0.3 is 5.32 Å². The standard InChI is InChI=1S/C8H16N4O2S/c1-15(13,14)8-5-9-3-2-6-12-7-4-10-11-12/h4,7,9H,2-3,5-6,8H2,1H3. The topological polar surface area (TPSA) is 76.9 Å². The minimum absolute atomic E-state index is 0.191. The van der Waals surface area contributed by atoms with E-state index >= 15 is 0 Å². The fourth-order valence-electron chi connectivity index (χ4n) is 1.10. The molecule has 0 radical (unpaired) electrons. The Labute approximate surface area is 89.6 Å². The van der Waals surface area contributed by atoms with Gasteiger partial charge in [-0.25, -0.2) is 8.42 Å². The maximum atomic E-state index is 10.8. The quantitative estimate of drug-likeness (QED) is 0.629. The number of aromatic nitrogens is 3. The largest absolute Gasteiger partial charge is 0.316 e. The fourth-order valence-corrected chi connectivity index (χ4v) is 1.62. The van der Waals surface area contributed by atoms with Gasteiger partial charge >= 0.3 is 0 Å². The SMILES string of the molecule is CS(=O)(=O)CCNCCCn1ccnn1. The molecule has 0 saturated carbocycles. The molecule has 0 spiro atoms. The number of nitrogens with one attached hydrogen (secondary N) is 1. The van der Waals surface area contributed by atoms with Gasteiger partial charge in [-0.2, -0.15) is 0 Å². The van der Waals surface area contributed by atoms with Crippen LogP contribution < -0.4 is 5.32 Å². The molecule has 7 heteroatoms. The van der Waals surface area contributed by atoms with Gasteiger partial charge in [-0.15, -0.1) is 5.10 Å². The Morgan fingerprint density at radius 1 is 1.40 bits per heavy atom. The predicted octanol–water partition coefficient (Wildman–Crippen LogP) is -0.698. The van der Waals surface area contributed by atoms with Crippen LogP contribution in [0.2, 0.25) is 0 Å². The smallest absolute Gasteiger partial charge is 0.148 e. The van der Waals surface area contributed by atoms with E-state index in [1.165, 1.54) is 6.26 Å². The zero-order valence-electron chi connectivity index (χ0n) is 8.76. The van der Waals surface area contributed by atoms with Crippen LogP contribution in [-0.2, 0) is 16.4 Å². The summed E-state index contributed by atoms with van der Waals surface area (Å²) in [7, 11) is -2.84. The third kappa shape index (κ3) is 6.19. The third-order valence-corrected chi connectivity index (χ3v) is 2.81. The maximum absolute atomic E-state index is 10.8. The van der Waals surface area contributed by atoms with Gasteiger partial charge in [0.2, 0.25) is 0 Å². The van der Waals surface area contributed by atoms with Crippen molar-refractivity contribution in [2.75, 3.05) is 25.1 Å². The lowest BCUT2D eigenvalue weighted by atomic mass is 10.4. The first-order valence-corrected chi connectivity index (χ1v) is 6.86. The van der Waals surface area contributed by atoms with E-state index in [1.807, 2.05) is 0 Å². The van der Waals surface area contributed by atoms with Crippen molar-refractivity contribution in [1.82, 2.24) is 20.3 Å². The summed E-state index contributed by atoms with van der Waals surface area (Å²) >= 11 is 0. The molecule has 1 N–H and O–H groups in total. The highest BCUT2D eigenvalue weighted by molar-refractivity contribution is 7.90. The van der Waals surface area contributed by atoms with Crippen molar-refractivity contribution >= 4 is 9.84 Å². The normalized spacial score (nSPS) is 11.8. The molecule has 0 amide bonds. The van der Waals surface area contributed by atoms with Gasteiger partial charge in [0, 0.05) is 25.5 Å². The number of nitrogens with zero attached hydrogens (tertiary/aromatic N) is 3. The Morgan fingerprint density at radius 3 is 2.80 bits per heavy atom. The number of rotatable bonds is 7. The van der Waals surface area contributed by atoms with Crippen molar-refractivity contribution in [1.29, 1.82) is 0 Å². The van der Waals surface area contributed by atoms with E-state index in [1.54, 1.807) is 17.1 Å². The second-order valence-electron chi connectivity index (χ2n) is 3.40. The van der Waals surface area contributed by atoms with Gasteiger partial charge in [0.1, 0.15) is 9.84 Å². The predicted molar refractivity (Wildman–Crippen MR) is 57.2 cm³/mol. The molecule has 0 saturated heterocycles. The van der Waals surface area contributed by atoms with Crippen LogP contribution in [0.25, 0.3) is 0 Å². The van der Waals surface area contributed by atoms with Gasteiger partial charge in [0.15, 0.2) is 0 Å². The molecule has 1 aromatic heterocycles. The Bertz CT molecular complexity index is 360. The lowest BCUT2D eigenvalue weighted by Gasteiger charge is -2.03. The van der Waals surface area contributed by atoms with Gasteiger partial charge in [-0.3, -0.25) is 4.68 Å². The Hall–Kier alpha value is -0.950. The molecule has 1 heterocycles. The van der Waals surface area contributed by atoms with Crippen molar-refractivity contribution < 1.29 is 8.42 Å². The van der Waals surface area contributed by atoms with E-state index in [9.17, 15) is 8.42 Å². The highest BCUT2D eigenvalue weighted by Gasteiger charge is 2.00. The average molecular weight is 232 g/mol. The Balaban J connectivity index is 1.99. The first-order valence-electron chi connectivity index (χ1n) is 4.80. The second kappa shape index (κ2) is 5.82. The van der Waals surface area contributed by atoms with E-state index in [-0.39, 0.29) is 5.75 Å². The molecule has 0 aromatic carbocycles. The van der Waals surface area contributed by atoms with Crippen LogP contribution in [0, 0.1) is 0 Å². The van der Waals surface area contributed by atoms with Crippen molar-refractivity contribution in [2.45, 2.75) is 13.0 Å². The summed E-state index contributed by atoms with van der Waals surface area (Å²) in [6.07, 6.45) is 5.59. The summed E-state index contributed by atoms with van der Waals surface area (Å²) in [5.41, 5.74) is 0. The van der Waals surface area contributed by atoms with Crippen LogP contribution in [-0.4, -0.2) is 48.5 Å². The second-order valence-corrected chi connectivity index (χ2v) is 5.66. The van der Waals surface area contributed by atoms with Crippen molar-refractivity contribution in [3.63, 3.8) is 0 Å². The molecule has 0 unspecified atom stereocenters.